The molecule has 0 spiro atoms. The lowest BCUT2D eigenvalue weighted by Crippen LogP contribution is -2.32. The Balaban J connectivity index is 1.88. The van der Waals surface area contributed by atoms with Crippen LogP contribution in [-0.4, -0.2) is 31.1 Å². The first kappa shape index (κ1) is 16.0. The molecule has 0 aromatic heterocycles. The largest absolute Gasteiger partial charge is 0.330 e. The van der Waals surface area contributed by atoms with Crippen LogP contribution in [0.1, 0.15) is 30.4 Å². The van der Waals surface area contributed by atoms with E-state index in [0.29, 0.717) is 0 Å². The highest BCUT2D eigenvalue weighted by Gasteiger charge is 2.18. The maximum Gasteiger partial charge on any atom is 0.00191 e. The first-order valence-corrected chi connectivity index (χ1v) is 8.64. The van der Waals surface area contributed by atoms with Gasteiger partial charge in [-0.2, -0.15) is 0 Å². The van der Waals surface area contributed by atoms with Gasteiger partial charge in [0.2, 0.25) is 0 Å². The van der Waals surface area contributed by atoms with E-state index in [2.05, 4.69) is 65.6 Å². The Labute approximate surface area is 139 Å². The molecule has 3 rings (SSSR count). The van der Waals surface area contributed by atoms with E-state index in [1.165, 1.54) is 16.7 Å². The number of piperidine rings is 1. The number of nitrogens with two attached hydrogens (primary N) is 1. The molecule has 23 heavy (non-hydrogen) atoms. The Kier molecular flexibility index (Phi) is 5.62. The summed E-state index contributed by atoms with van der Waals surface area (Å²) in [5, 5.41) is 0. The molecule has 0 atom stereocenters. The quantitative estimate of drug-likeness (QED) is 0.907. The maximum atomic E-state index is 5.64. The van der Waals surface area contributed by atoms with Crippen LogP contribution in [0.3, 0.4) is 0 Å². The third-order valence-electron chi connectivity index (χ3n) is 4.62. The van der Waals surface area contributed by atoms with E-state index in [4.69, 9.17) is 5.73 Å². The van der Waals surface area contributed by atoms with Gasteiger partial charge < -0.3 is 10.6 Å². The topological polar surface area (TPSA) is 29.3 Å². The fraction of sp³-hybridized carbons (Fsp3) is 0.333. The van der Waals surface area contributed by atoms with Gasteiger partial charge in [0.15, 0.2) is 0 Å². The lowest BCUT2D eigenvalue weighted by atomic mass is 9.88. The SMILES string of the molecule is NCCCN1CCC(=C(c2ccccc2)c2ccccc2)CC1. The summed E-state index contributed by atoms with van der Waals surface area (Å²) >= 11 is 0. The average Bonchev–Trinajstić information content (AvgIpc) is 2.63. The summed E-state index contributed by atoms with van der Waals surface area (Å²) in [7, 11) is 0. The molecule has 0 unspecified atom stereocenters. The molecule has 2 nitrogen and oxygen atoms in total. The molecular formula is C21H26N2. The lowest BCUT2D eigenvalue weighted by molar-refractivity contribution is 0.255. The molecule has 0 bridgehead atoms. The average molecular weight is 306 g/mol. The van der Waals surface area contributed by atoms with Crippen molar-refractivity contribution in [2.24, 2.45) is 5.73 Å². The maximum absolute atomic E-state index is 5.64. The molecule has 1 aliphatic rings. The number of nitrogens with zero attached hydrogens (tertiary/aromatic N) is 1. The van der Waals surface area contributed by atoms with Crippen LogP contribution in [-0.2, 0) is 0 Å². The first-order chi connectivity index (χ1) is 11.4. The van der Waals surface area contributed by atoms with Gasteiger partial charge in [0.1, 0.15) is 0 Å². The summed E-state index contributed by atoms with van der Waals surface area (Å²) in [5.74, 6) is 0. The van der Waals surface area contributed by atoms with Crippen molar-refractivity contribution in [3.05, 3.63) is 77.4 Å². The molecule has 0 radical (unpaired) electrons. The number of benzene rings is 2. The van der Waals surface area contributed by atoms with Crippen molar-refractivity contribution in [1.82, 2.24) is 4.90 Å². The molecule has 2 aromatic carbocycles. The van der Waals surface area contributed by atoms with Crippen LogP contribution in [0.25, 0.3) is 5.57 Å². The molecule has 120 valence electrons. The zero-order valence-electron chi connectivity index (χ0n) is 13.7. The fourth-order valence-corrected chi connectivity index (χ4v) is 3.40. The van der Waals surface area contributed by atoms with Gasteiger partial charge in [0, 0.05) is 13.1 Å². The summed E-state index contributed by atoms with van der Waals surface area (Å²) in [6.45, 7) is 4.23. The third-order valence-corrected chi connectivity index (χ3v) is 4.62. The van der Waals surface area contributed by atoms with Crippen LogP contribution >= 0.6 is 0 Å². The summed E-state index contributed by atoms with van der Waals surface area (Å²) in [6.07, 6.45) is 3.41. The van der Waals surface area contributed by atoms with Crippen LogP contribution in [0.5, 0.6) is 0 Å². The number of hydrogen-bond acceptors (Lipinski definition) is 2. The molecule has 2 heteroatoms. The summed E-state index contributed by atoms with van der Waals surface area (Å²) in [5.41, 5.74) is 11.3. The Morgan fingerprint density at radius 3 is 1.83 bits per heavy atom. The second-order valence-corrected chi connectivity index (χ2v) is 6.19. The predicted octanol–water partition coefficient (Wildman–Crippen LogP) is 3.93. The Hall–Kier alpha value is -1.90. The second kappa shape index (κ2) is 8.09. The van der Waals surface area contributed by atoms with Crippen molar-refractivity contribution < 1.29 is 0 Å². The number of rotatable bonds is 5. The minimum absolute atomic E-state index is 0.790. The fourth-order valence-electron chi connectivity index (χ4n) is 3.40. The highest BCUT2D eigenvalue weighted by Crippen LogP contribution is 2.32. The van der Waals surface area contributed by atoms with E-state index >= 15 is 0 Å². The monoisotopic (exact) mass is 306 g/mol. The highest BCUT2D eigenvalue weighted by atomic mass is 15.1. The van der Waals surface area contributed by atoms with Gasteiger partial charge >= 0.3 is 0 Å². The molecule has 1 saturated heterocycles. The van der Waals surface area contributed by atoms with Gasteiger partial charge in [-0.05, 0) is 49.1 Å². The van der Waals surface area contributed by atoms with E-state index in [1.54, 1.807) is 5.57 Å². The molecule has 0 amide bonds. The van der Waals surface area contributed by atoms with Crippen molar-refractivity contribution in [1.29, 1.82) is 0 Å². The normalized spacial score (nSPS) is 15.6. The molecule has 0 aliphatic carbocycles. The second-order valence-electron chi connectivity index (χ2n) is 6.19. The Morgan fingerprint density at radius 2 is 1.35 bits per heavy atom. The van der Waals surface area contributed by atoms with E-state index in [-0.39, 0.29) is 0 Å². The Morgan fingerprint density at radius 1 is 0.826 bits per heavy atom. The van der Waals surface area contributed by atoms with Gasteiger partial charge in [-0.3, -0.25) is 0 Å². The van der Waals surface area contributed by atoms with Crippen LogP contribution in [0, 0.1) is 0 Å². The zero-order valence-corrected chi connectivity index (χ0v) is 13.7. The summed E-state index contributed by atoms with van der Waals surface area (Å²) < 4.78 is 0. The molecule has 1 heterocycles. The van der Waals surface area contributed by atoms with E-state index in [9.17, 15) is 0 Å². The van der Waals surface area contributed by atoms with Crippen LogP contribution < -0.4 is 5.73 Å². The van der Waals surface area contributed by atoms with Crippen molar-refractivity contribution >= 4 is 5.57 Å². The predicted molar refractivity (Wildman–Crippen MR) is 98.3 cm³/mol. The molecule has 2 N–H and O–H groups in total. The molecule has 0 saturated carbocycles. The Bertz CT molecular complexity index is 580. The molecule has 1 aliphatic heterocycles. The zero-order chi connectivity index (χ0) is 15.9. The smallest absolute Gasteiger partial charge is 0.00191 e. The van der Waals surface area contributed by atoms with Crippen LogP contribution in [0.15, 0.2) is 66.2 Å². The van der Waals surface area contributed by atoms with Crippen molar-refractivity contribution in [3.8, 4) is 0 Å². The number of hydrogen-bond donors (Lipinski definition) is 1. The van der Waals surface area contributed by atoms with Crippen LogP contribution in [0.4, 0.5) is 0 Å². The first-order valence-electron chi connectivity index (χ1n) is 8.64. The van der Waals surface area contributed by atoms with E-state index in [0.717, 1.165) is 45.4 Å². The van der Waals surface area contributed by atoms with Crippen molar-refractivity contribution in [2.45, 2.75) is 19.3 Å². The summed E-state index contributed by atoms with van der Waals surface area (Å²) in [6, 6.07) is 21.6. The van der Waals surface area contributed by atoms with E-state index < -0.39 is 0 Å². The number of likely N-dealkylation sites (tertiary alicyclic amines) is 1. The minimum atomic E-state index is 0.790. The molecule has 2 aromatic rings. The van der Waals surface area contributed by atoms with Gasteiger partial charge in [0.05, 0.1) is 0 Å². The third kappa shape index (κ3) is 4.10. The molecular weight excluding hydrogens is 280 g/mol. The highest BCUT2D eigenvalue weighted by molar-refractivity contribution is 5.82. The van der Waals surface area contributed by atoms with Crippen molar-refractivity contribution in [3.63, 3.8) is 0 Å². The van der Waals surface area contributed by atoms with E-state index in [1.807, 2.05) is 0 Å². The summed E-state index contributed by atoms with van der Waals surface area (Å²) in [4.78, 5) is 2.55. The standard InChI is InChI=1S/C21H26N2/c22-14-7-15-23-16-12-20(13-17-23)21(18-8-3-1-4-9-18)19-10-5-2-6-11-19/h1-6,8-11H,7,12-17,22H2. The van der Waals surface area contributed by atoms with Gasteiger partial charge in [-0.25, -0.2) is 0 Å². The lowest BCUT2D eigenvalue weighted by Gasteiger charge is -2.30. The minimum Gasteiger partial charge on any atom is -0.330 e. The van der Waals surface area contributed by atoms with Crippen LogP contribution in [0.2, 0.25) is 0 Å². The van der Waals surface area contributed by atoms with Gasteiger partial charge in [0.25, 0.3) is 0 Å². The molecule has 1 fully saturated rings. The van der Waals surface area contributed by atoms with Gasteiger partial charge in [-0.1, -0.05) is 66.2 Å². The van der Waals surface area contributed by atoms with Gasteiger partial charge in [-0.15, -0.1) is 0 Å². The van der Waals surface area contributed by atoms with Crippen molar-refractivity contribution in [2.75, 3.05) is 26.2 Å².